The van der Waals surface area contributed by atoms with Gasteiger partial charge in [-0.3, -0.25) is 9.79 Å². The largest absolute Gasteiger partial charge is 0.370 e. The number of guanidine groups is 1. The van der Waals surface area contributed by atoms with Crippen molar-refractivity contribution in [2.24, 2.45) is 16.6 Å². The van der Waals surface area contributed by atoms with E-state index in [2.05, 4.69) is 15.2 Å². The Morgan fingerprint density at radius 3 is 3.00 bits per heavy atom. The molecule has 0 aliphatic carbocycles. The van der Waals surface area contributed by atoms with Gasteiger partial charge in [-0.05, 0) is 49.8 Å². The molecule has 25 heavy (non-hydrogen) atoms. The molecular weight excluding hydrogens is 343 g/mol. The standard InChI is InChI=1S/C18H26ClFN4O/c1-2-22-18(24-9-3-4-13(12-24)10-17(21)25)23-8-7-14-5-6-15(20)11-16(14)19/h5-6,11,13H,2-4,7-10,12H2,1H3,(H2,21,25)(H,22,23). The fourth-order valence-corrected chi connectivity index (χ4v) is 3.40. The number of carbonyl (C=O) groups is 1. The van der Waals surface area contributed by atoms with Gasteiger partial charge >= 0.3 is 0 Å². The fourth-order valence-electron chi connectivity index (χ4n) is 3.14. The van der Waals surface area contributed by atoms with Crippen LogP contribution >= 0.6 is 11.6 Å². The molecule has 7 heteroatoms. The highest BCUT2D eigenvalue weighted by molar-refractivity contribution is 6.31. The van der Waals surface area contributed by atoms with Gasteiger partial charge in [-0.25, -0.2) is 4.39 Å². The van der Waals surface area contributed by atoms with Gasteiger partial charge in [0.1, 0.15) is 5.82 Å². The average molecular weight is 369 g/mol. The maximum Gasteiger partial charge on any atom is 0.217 e. The highest BCUT2D eigenvalue weighted by Crippen LogP contribution is 2.20. The van der Waals surface area contributed by atoms with Crippen molar-refractivity contribution in [3.8, 4) is 0 Å². The van der Waals surface area contributed by atoms with E-state index in [0.717, 1.165) is 44.0 Å². The molecule has 1 atom stereocenters. The van der Waals surface area contributed by atoms with Crippen LogP contribution in [-0.2, 0) is 11.2 Å². The first-order valence-electron chi connectivity index (χ1n) is 8.75. The third kappa shape index (κ3) is 6.20. The van der Waals surface area contributed by atoms with Crippen molar-refractivity contribution in [2.75, 3.05) is 26.2 Å². The molecule has 1 aromatic rings. The number of hydrogen-bond donors (Lipinski definition) is 2. The van der Waals surface area contributed by atoms with Crippen molar-refractivity contribution in [3.05, 3.63) is 34.6 Å². The summed E-state index contributed by atoms with van der Waals surface area (Å²) in [6.45, 7) is 5.06. The van der Waals surface area contributed by atoms with Gasteiger partial charge in [0.15, 0.2) is 5.96 Å². The van der Waals surface area contributed by atoms with Crippen LogP contribution in [0.25, 0.3) is 0 Å². The minimum atomic E-state index is -0.334. The van der Waals surface area contributed by atoms with E-state index in [0.29, 0.717) is 24.4 Å². The van der Waals surface area contributed by atoms with Crippen LogP contribution in [0.5, 0.6) is 0 Å². The summed E-state index contributed by atoms with van der Waals surface area (Å²) in [7, 11) is 0. The van der Waals surface area contributed by atoms with Gasteiger partial charge in [-0.2, -0.15) is 0 Å². The number of hydrogen-bond acceptors (Lipinski definition) is 2. The van der Waals surface area contributed by atoms with Gasteiger partial charge in [0.05, 0.1) is 0 Å². The van der Waals surface area contributed by atoms with Crippen molar-refractivity contribution < 1.29 is 9.18 Å². The first kappa shape index (κ1) is 19.5. The Labute approximate surface area is 153 Å². The number of piperidine rings is 1. The van der Waals surface area contributed by atoms with Gasteiger partial charge in [0.25, 0.3) is 0 Å². The van der Waals surface area contributed by atoms with E-state index < -0.39 is 0 Å². The van der Waals surface area contributed by atoms with Crippen LogP contribution < -0.4 is 11.1 Å². The third-order valence-electron chi connectivity index (χ3n) is 4.30. The zero-order valence-corrected chi connectivity index (χ0v) is 15.4. The summed E-state index contributed by atoms with van der Waals surface area (Å²) in [5, 5.41) is 3.73. The quantitative estimate of drug-likeness (QED) is 0.599. The summed E-state index contributed by atoms with van der Waals surface area (Å²) in [5.41, 5.74) is 6.21. The number of benzene rings is 1. The predicted molar refractivity (Wildman–Crippen MR) is 99.2 cm³/mol. The molecule has 0 aromatic heterocycles. The number of likely N-dealkylation sites (tertiary alicyclic amines) is 1. The second-order valence-corrected chi connectivity index (χ2v) is 6.75. The number of aliphatic imine (C=N–C) groups is 1. The van der Waals surface area contributed by atoms with E-state index in [4.69, 9.17) is 17.3 Å². The van der Waals surface area contributed by atoms with Crippen LogP contribution in [0.15, 0.2) is 23.2 Å². The number of carbonyl (C=O) groups excluding carboxylic acids is 1. The number of amides is 1. The van der Waals surface area contributed by atoms with Gasteiger partial charge < -0.3 is 16.0 Å². The highest BCUT2D eigenvalue weighted by Gasteiger charge is 2.23. The fraction of sp³-hybridized carbons (Fsp3) is 0.556. The van der Waals surface area contributed by atoms with E-state index >= 15 is 0 Å². The minimum absolute atomic E-state index is 0.250. The Kier molecular flexibility index (Phi) is 7.50. The molecule has 2 rings (SSSR count). The van der Waals surface area contributed by atoms with Gasteiger partial charge in [0.2, 0.25) is 5.91 Å². The van der Waals surface area contributed by atoms with Crippen molar-refractivity contribution >= 4 is 23.5 Å². The third-order valence-corrected chi connectivity index (χ3v) is 4.65. The molecule has 1 aliphatic heterocycles. The molecule has 1 unspecified atom stereocenters. The Morgan fingerprint density at radius 2 is 2.32 bits per heavy atom. The zero-order valence-electron chi connectivity index (χ0n) is 14.6. The summed E-state index contributed by atoms with van der Waals surface area (Å²) < 4.78 is 13.1. The average Bonchev–Trinajstić information content (AvgIpc) is 2.55. The maximum atomic E-state index is 13.1. The molecule has 1 heterocycles. The summed E-state index contributed by atoms with van der Waals surface area (Å²) in [6.07, 6.45) is 3.10. The first-order valence-corrected chi connectivity index (χ1v) is 9.13. The predicted octanol–water partition coefficient (Wildman–Crippen LogP) is 2.57. The molecule has 1 aromatic carbocycles. The van der Waals surface area contributed by atoms with Gasteiger partial charge in [0, 0.05) is 37.6 Å². The SMILES string of the molecule is CCNC(=NCCc1ccc(F)cc1Cl)N1CCCC(CC(N)=O)C1. The summed E-state index contributed by atoms with van der Waals surface area (Å²) >= 11 is 6.06. The van der Waals surface area contributed by atoms with Crippen LogP contribution in [0.1, 0.15) is 31.7 Å². The van der Waals surface area contributed by atoms with Crippen molar-refractivity contribution in [3.63, 3.8) is 0 Å². The number of rotatable bonds is 6. The van der Waals surface area contributed by atoms with E-state index in [-0.39, 0.29) is 17.6 Å². The lowest BCUT2D eigenvalue weighted by molar-refractivity contribution is -0.119. The molecule has 0 saturated carbocycles. The Balaban J connectivity index is 1.98. The smallest absolute Gasteiger partial charge is 0.217 e. The molecule has 0 radical (unpaired) electrons. The zero-order chi connectivity index (χ0) is 18.2. The monoisotopic (exact) mass is 368 g/mol. The highest BCUT2D eigenvalue weighted by atomic mass is 35.5. The molecule has 1 aliphatic rings. The lowest BCUT2D eigenvalue weighted by Gasteiger charge is -2.34. The maximum absolute atomic E-state index is 13.1. The lowest BCUT2D eigenvalue weighted by Crippen LogP contribution is -2.47. The van der Waals surface area contributed by atoms with E-state index in [1.807, 2.05) is 6.92 Å². The van der Waals surface area contributed by atoms with Crippen molar-refractivity contribution in [2.45, 2.75) is 32.6 Å². The Bertz CT molecular complexity index is 623. The number of nitrogens with one attached hydrogen (secondary N) is 1. The number of halogens is 2. The molecular formula is C18H26ClFN4O. The normalized spacial score (nSPS) is 18.3. The van der Waals surface area contributed by atoms with Crippen LogP contribution in [0.2, 0.25) is 5.02 Å². The second-order valence-electron chi connectivity index (χ2n) is 6.35. The van der Waals surface area contributed by atoms with Crippen molar-refractivity contribution in [1.82, 2.24) is 10.2 Å². The summed E-state index contributed by atoms with van der Waals surface area (Å²) in [4.78, 5) is 18.0. The Hall–Kier alpha value is -1.82. The lowest BCUT2D eigenvalue weighted by atomic mass is 9.95. The number of nitrogens with zero attached hydrogens (tertiary/aromatic N) is 2. The van der Waals surface area contributed by atoms with E-state index in [1.165, 1.54) is 12.1 Å². The van der Waals surface area contributed by atoms with Crippen LogP contribution in [-0.4, -0.2) is 42.9 Å². The number of primary amides is 1. The molecule has 138 valence electrons. The molecule has 3 N–H and O–H groups in total. The molecule has 0 bridgehead atoms. The summed E-state index contributed by atoms with van der Waals surface area (Å²) in [5.74, 6) is 0.538. The molecule has 1 amide bonds. The Morgan fingerprint density at radius 1 is 1.52 bits per heavy atom. The van der Waals surface area contributed by atoms with Crippen LogP contribution in [0, 0.1) is 11.7 Å². The summed E-state index contributed by atoms with van der Waals surface area (Å²) in [6, 6.07) is 4.43. The minimum Gasteiger partial charge on any atom is -0.370 e. The molecule has 1 saturated heterocycles. The van der Waals surface area contributed by atoms with Crippen molar-refractivity contribution in [1.29, 1.82) is 0 Å². The van der Waals surface area contributed by atoms with E-state index in [1.54, 1.807) is 6.07 Å². The van der Waals surface area contributed by atoms with Gasteiger partial charge in [-0.15, -0.1) is 0 Å². The molecule has 0 spiro atoms. The second kappa shape index (κ2) is 9.61. The van der Waals surface area contributed by atoms with E-state index in [9.17, 15) is 9.18 Å². The first-order chi connectivity index (χ1) is 12.0. The van der Waals surface area contributed by atoms with Crippen LogP contribution in [0.3, 0.4) is 0 Å². The molecule has 1 fully saturated rings. The number of nitrogens with two attached hydrogens (primary N) is 1. The topological polar surface area (TPSA) is 70.7 Å². The van der Waals surface area contributed by atoms with Crippen LogP contribution in [0.4, 0.5) is 4.39 Å². The van der Waals surface area contributed by atoms with Gasteiger partial charge in [-0.1, -0.05) is 17.7 Å². The molecule has 5 nitrogen and oxygen atoms in total.